The van der Waals surface area contributed by atoms with Gasteiger partial charge in [-0.15, -0.1) is 0 Å². The van der Waals surface area contributed by atoms with Crippen LogP contribution in [0.4, 0.5) is 10.5 Å². The highest BCUT2D eigenvalue weighted by Crippen LogP contribution is 2.23. The second kappa shape index (κ2) is 8.79. The second-order valence-corrected chi connectivity index (χ2v) is 6.30. The summed E-state index contributed by atoms with van der Waals surface area (Å²) in [4.78, 5) is 11.8. The van der Waals surface area contributed by atoms with Crippen LogP contribution in [-0.2, 0) is 0 Å². The van der Waals surface area contributed by atoms with Gasteiger partial charge in [0.25, 0.3) is 0 Å². The highest BCUT2D eigenvalue weighted by atomic mass is 79.9. The molecule has 0 aromatic heterocycles. The van der Waals surface area contributed by atoms with Gasteiger partial charge in [0.2, 0.25) is 0 Å². The third-order valence-corrected chi connectivity index (χ3v) is 3.94. The van der Waals surface area contributed by atoms with Crippen molar-refractivity contribution in [1.29, 1.82) is 0 Å². The Morgan fingerprint density at radius 3 is 2.78 bits per heavy atom. The Hall–Kier alpha value is -1.72. The number of carbonyl (C=O) groups is 1. The Labute approximate surface area is 149 Å². The SMILES string of the molecule is Cc1cc(Br)ccc1NC(=O)NCCCOc1ccccc1Cl. The Morgan fingerprint density at radius 2 is 2.04 bits per heavy atom. The smallest absolute Gasteiger partial charge is 0.319 e. The standard InChI is InChI=1S/C17H18BrClN2O2/c1-12-11-13(18)7-8-15(12)21-17(22)20-9-4-10-23-16-6-3-2-5-14(16)19/h2-3,5-8,11H,4,9-10H2,1H3,(H2,20,21,22). The van der Waals surface area contributed by atoms with Gasteiger partial charge in [0.1, 0.15) is 5.75 Å². The topological polar surface area (TPSA) is 50.4 Å². The van der Waals surface area contributed by atoms with Crippen molar-refractivity contribution in [2.45, 2.75) is 13.3 Å². The maximum Gasteiger partial charge on any atom is 0.319 e. The van der Waals surface area contributed by atoms with E-state index in [0.717, 1.165) is 15.7 Å². The van der Waals surface area contributed by atoms with Crippen LogP contribution in [0.1, 0.15) is 12.0 Å². The van der Waals surface area contributed by atoms with Crippen LogP contribution in [0.2, 0.25) is 5.02 Å². The number of hydrogen-bond acceptors (Lipinski definition) is 2. The minimum Gasteiger partial charge on any atom is -0.492 e. The van der Waals surface area contributed by atoms with Crippen LogP contribution in [0.15, 0.2) is 46.9 Å². The summed E-state index contributed by atoms with van der Waals surface area (Å²) in [6, 6.07) is 12.8. The van der Waals surface area contributed by atoms with Crippen molar-refractivity contribution in [3.63, 3.8) is 0 Å². The summed E-state index contributed by atoms with van der Waals surface area (Å²) >= 11 is 9.39. The zero-order chi connectivity index (χ0) is 16.7. The summed E-state index contributed by atoms with van der Waals surface area (Å²) in [7, 11) is 0. The molecule has 2 amide bonds. The van der Waals surface area contributed by atoms with Gasteiger partial charge in [-0.2, -0.15) is 0 Å². The molecule has 0 aliphatic heterocycles. The highest BCUT2D eigenvalue weighted by Gasteiger charge is 2.04. The molecular formula is C17H18BrClN2O2. The van der Waals surface area contributed by atoms with Crippen molar-refractivity contribution >= 4 is 39.2 Å². The van der Waals surface area contributed by atoms with Crippen molar-refractivity contribution in [1.82, 2.24) is 5.32 Å². The number of amides is 2. The minimum atomic E-state index is -0.229. The Balaban J connectivity index is 1.68. The molecular weight excluding hydrogens is 380 g/mol. The van der Waals surface area contributed by atoms with E-state index in [4.69, 9.17) is 16.3 Å². The maximum absolute atomic E-state index is 11.8. The van der Waals surface area contributed by atoms with E-state index in [1.165, 1.54) is 0 Å². The molecule has 2 rings (SSSR count). The molecule has 0 aliphatic rings. The van der Waals surface area contributed by atoms with E-state index < -0.39 is 0 Å². The number of urea groups is 1. The molecule has 2 aromatic carbocycles. The predicted molar refractivity (Wildman–Crippen MR) is 97.5 cm³/mol. The van der Waals surface area contributed by atoms with E-state index in [2.05, 4.69) is 26.6 Å². The predicted octanol–water partition coefficient (Wildman–Crippen LogP) is 5.00. The fourth-order valence-electron chi connectivity index (χ4n) is 1.95. The number of aryl methyl sites for hydroxylation is 1. The van der Waals surface area contributed by atoms with Crippen molar-refractivity contribution in [3.05, 3.63) is 57.5 Å². The first kappa shape index (κ1) is 17.6. The van der Waals surface area contributed by atoms with E-state index in [0.29, 0.717) is 30.3 Å². The van der Waals surface area contributed by atoms with Gasteiger partial charge in [0.05, 0.1) is 11.6 Å². The molecule has 0 unspecified atom stereocenters. The molecule has 6 heteroatoms. The maximum atomic E-state index is 11.8. The molecule has 2 N–H and O–H groups in total. The molecule has 0 atom stereocenters. The molecule has 122 valence electrons. The van der Waals surface area contributed by atoms with Gasteiger partial charge in [-0.05, 0) is 49.2 Å². The molecule has 0 heterocycles. The number of hydrogen-bond donors (Lipinski definition) is 2. The fraction of sp³-hybridized carbons (Fsp3) is 0.235. The van der Waals surface area contributed by atoms with Crippen LogP contribution in [0.25, 0.3) is 0 Å². The molecule has 0 spiro atoms. The molecule has 0 aliphatic carbocycles. The minimum absolute atomic E-state index is 0.229. The van der Waals surface area contributed by atoms with Gasteiger partial charge in [-0.25, -0.2) is 4.79 Å². The monoisotopic (exact) mass is 396 g/mol. The number of carbonyl (C=O) groups excluding carboxylic acids is 1. The average molecular weight is 398 g/mol. The molecule has 0 radical (unpaired) electrons. The van der Waals surface area contributed by atoms with E-state index in [-0.39, 0.29) is 6.03 Å². The van der Waals surface area contributed by atoms with Gasteiger partial charge < -0.3 is 15.4 Å². The van der Waals surface area contributed by atoms with Gasteiger partial charge in [-0.1, -0.05) is 39.7 Å². The lowest BCUT2D eigenvalue weighted by molar-refractivity contribution is 0.250. The molecule has 0 fully saturated rings. The van der Waals surface area contributed by atoms with Gasteiger partial charge in [0, 0.05) is 16.7 Å². The van der Waals surface area contributed by atoms with Gasteiger partial charge in [0.15, 0.2) is 0 Å². The lowest BCUT2D eigenvalue weighted by atomic mass is 10.2. The van der Waals surface area contributed by atoms with E-state index in [1.807, 2.05) is 43.3 Å². The van der Waals surface area contributed by atoms with Crippen molar-refractivity contribution in [3.8, 4) is 5.75 Å². The number of anilines is 1. The third kappa shape index (κ3) is 5.77. The quantitative estimate of drug-likeness (QED) is 0.674. The normalized spacial score (nSPS) is 10.2. The Bertz CT molecular complexity index is 679. The first-order valence-electron chi connectivity index (χ1n) is 7.24. The number of rotatable bonds is 6. The highest BCUT2D eigenvalue weighted by molar-refractivity contribution is 9.10. The van der Waals surface area contributed by atoms with Crippen LogP contribution < -0.4 is 15.4 Å². The lowest BCUT2D eigenvalue weighted by Crippen LogP contribution is -2.30. The van der Waals surface area contributed by atoms with Crippen molar-refractivity contribution in [2.24, 2.45) is 0 Å². The van der Waals surface area contributed by atoms with Crippen molar-refractivity contribution in [2.75, 3.05) is 18.5 Å². The molecule has 4 nitrogen and oxygen atoms in total. The largest absolute Gasteiger partial charge is 0.492 e. The number of para-hydroxylation sites is 1. The number of ether oxygens (including phenoxy) is 1. The summed E-state index contributed by atoms with van der Waals surface area (Å²) in [6.07, 6.45) is 0.692. The van der Waals surface area contributed by atoms with Crippen molar-refractivity contribution < 1.29 is 9.53 Å². The van der Waals surface area contributed by atoms with Gasteiger partial charge in [-0.3, -0.25) is 0 Å². The number of halogens is 2. The molecule has 0 saturated carbocycles. The first-order valence-corrected chi connectivity index (χ1v) is 8.41. The fourth-order valence-corrected chi connectivity index (χ4v) is 2.62. The number of nitrogens with one attached hydrogen (secondary N) is 2. The van der Waals surface area contributed by atoms with Crippen LogP contribution in [-0.4, -0.2) is 19.2 Å². The van der Waals surface area contributed by atoms with E-state index in [1.54, 1.807) is 6.07 Å². The Kier molecular flexibility index (Phi) is 6.74. The zero-order valence-electron chi connectivity index (χ0n) is 12.7. The Morgan fingerprint density at radius 1 is 1.26 bits per heavy atom. The number of benzene rings is 2. The molecule has 2 aromatic rings. The van der Waals surface area contributed by atoms with Crippen LogP contribution in [0.5, 0.6) is 5.75 Å². The van der Waals surface area contributed by atoms with Crippen LogP contribution in [0, 0.1) is 6.92 Å². The summed E-state index contributed by atoms with van der Waals surface area (Å²) < 4.78 is 6.54. The van der Waals surface area contributed by atoms with E-state index >= 15 is 0 Å². The van der Waals surface area contributed by atoms with Crippen LogP contribution >= 0.6 is 27.5 Å². The lowest BCUT2D eigenvalue weighted by Gasteiger charge is -2.11. The summed E-state index contributed by atoms with van der Waals surface area (Å²) in [5, 5.41) is 6.21. The second-order valence-electron chi connectivity index (χ2n) is 4.97. The average Bonchev–Trinajstić information content (AvgIpc) is 2.51. The molecule has 0 saturated heterocycles. The van der Waals surface area contributed by atoms with Gasteiger partial charge >= 0.3 is 6.03 Å². The first-order chi connectivity index (χ1) is 11.1. The molecule has 0 bridgehead atoms. The molecule has 23 heavy (non-hydrogen) atoms. The summed E-state index contributed by atoms with van der Waals surface area (Å²) in [5.74, 6) is 0.657. The van der Waals surface area contributed by atoms with Crippen LogP contribution in [0.3, 0.4) is 0 Å². The summed E-state index contributed by atoms with van der Waals surface area (Å²) in [5.41, 5.74) is 1.79. The zero-order valence-corrected chi connectivity index (χ0v) is 15.1. The third-order valence-electron chi connectivity index (χ3n) is 3.14. The summed E-state index contributed by atoms with van der Waals surface area (Å²) in [6.45, 7) is 2.95. The van der Waals surface area contributed by atoms with E-state index in [9.17, 15) is 4.79 Å².